The predicted octanol–water partition coefficient (Wildman–Crippen LogP) is 2.47. The third kappa shape index (κ3) is 3.59. The molecule has 2 heterocycles. The number of aryl methyl sites for hydroxylation is 2. The first-order chi connectivity index (χ1) is 7.13. The van der Waals surface area contributed by atoms with Crippen LogP contribution in [0.3, 0.4) is 0 Å². The summed E-state index contributed by atoms with van der Waals surface area (Å²) in [5.41, 5.74) is 1.54. The van der Waals surface area contributed by atoms with E-state index in [1.807, 2.05) is 20.0 Å². The molecule has 0 radical (unpaired) electrons. The Bertz CT molecular complexity index is 401. The zero-order valence-electron chi connectivity index (χ0n) is 8.48. The summed E-state index contributed by atoms with van der Waals surface area (Å²) in [5, 5.41) is 4.68. The molecule has 2 rings (SSSR count). The molecule has 4 nitrogen and oxygen atoms in total. The second-order valence-corrected chi connectivity index (χ2v) is 3.29. The van der Waals surface area contributed by atoms with E-state index >= 15 is 0 Å². The van der Waals surface area contributed by atoms with E-state index in [0.29, 0.717) is 10.7 Å². The number of aldehydes is 1. The number of aromatic nitrogens is 2. The molecule has 0 fully saturated rings. The molecule has 0 atom stereocenters. The first-order valence-electron chi connectivity index (χ1n) is 4.27. The van der Waals surface area contributed by atoms with E-state index < -0.39 is 0 Å². The highest BCUT2D eigenvalue weighted by Crippen LogP contribution is 2.06. The number of nitrogens with zero attached hydrogens (tertiary/aromatic N) is 2. The van der Waals surface area contributed by atoms with Crippen molar-refractivity contribution in [2.45, 2.75) is 6.92 Å². The molecule has 0 saturated carbocycles. The van der Waals surface area contributed by atoms with Crippen LogP contribution in [0.2, 0.25) is 5.15 Å². The summed E-state index contributed by atoms with van der Waals surface area (Å²) < 4.78 is 6.21. The molecule has 0 aliphatic heterocycles. The number of rotatable bonds is 1. The molecule has 0 amide bonds. The summed E-state index contributed by atoms with van der Waals surface area (Å²) >= 11 is 5.63. The maximum Gasteiger partial charge on any atom is 0.153 e. The lowest BCUT2D eigenvalue weighted by molar-refractivity contribution is 0.112. The van der Waals surface area contributed by atoms with Gasteiger partial charge in [-0.05, 0) is 19.1 Å². The number of hydrogen-bond donors (Lipinski definition) is 0. The summed E-state index contributed by atoms with van der Waals surface area (Å²) in [6.07, 6.45) is 3.60. The van der Waals surface area contributed by atoms with Gasteiger partial charge in [0, 0.05) is 7.05 Å². The van der Waals surface area contributed by atoms with Crippen LogP contribution in [0.1, 0.15) is 16.1 Å². The van der Waals surface area contributed by atoms with Crippen LogP contribution in [0.5, 0.6) is 0 Å². The van der Waals surface area contributed by atoms with Crippen molar-refractivity contribution >= 4 is 17.9 Å². The normalized spacial score (nSPS) is 9.27. The summed E-state index contributed by atoms with van der Waals surface area (Å²) in [6.45, 7) is 1.91. The van der Waals surface area contributed by atoms with Crippen molar-refractivity contribution in [3.8, 4) is 0 Å². The van der Waals surface area contributed by atoms with Gasteiger partial charge in [0.1, 0.15) is 11.4 Å². The Morgan fingerprint density at radius 2 is 2.33 bits per heavy atom. The SMILES string of the molecule is Cc1cc(Cl)n(C)n1.O=Cc1ccoc1. The fourth-order valence-electron chi connectivity index (χ4n) is 0.921. The molecular formula is C10H11ClN2O2. The first-order valence-corrected chi connectivity index (χ1v) is 4.65. The molecule has 2 aromatic rings. The fraction of sp³-hybridized carbons (Fsp3) is 0.200. The van der Waals surface area contributed by atoms with Crippen molar-refractivity contribution in [3.05, 3.63) is 41.1 Å². The molecule has 0 spiro atoms. The van der Waals surface area contributed by atoms with E-state index in [0.717, 1.165) is 12.0 Å². The number of carbonyl (C=O) groups is 1. The van der Waals surface area contributed by atoms with Gasteiger partial charge in [-0.1, -0.05) is 11.6 Å². The molecule has 5 heteroatoms. The van der Waals surface area contributed by atoms with Crippen LogP contribution in [0, 0.1) is 6.92 Å². The highest BCUT2D eigenvalue weighted by molar-refractivity contribution is 6.29. The van der Waals surface area contributed by atoms with E-state index in [2.05, 4.69) is 9.52 Å². The third-order valence-corrected chi connectivity index (χ3v) is 1.98. The van der Waals surface area contributed by atoms with Crippen LogP contribution in [0.25, 0.3) is 0 Å². The van der Waals surface area contributed by atoms with Gasteiger partial charge in [-0.15, -0.1) is 0 Å². The fourth-order valence-corrected chi connectivity index (χ4v) is 1.12. The molecule has 0 bridgehead atoms. The predicted molar refractivity (Wildman–Crippen MR) is 57.1 cm³/mol. The molecule has 0 N–H and O–H groups in total. The minimum absolute atomic E-state index is 0.583. The summed E-state index contributed by atoms with van der Waals surface area (Å²) in [6, 6.07) is 3.43. The van der Waals surface area contributed by atoms with Crippen molar-refractivity contribution in [1.29, 1.82) is 0 Å². The summed E-state index contributed by atoms with van der Waals surface area (Å²) in [7, 11) is 1.81. The minimum Gasteiger partial charge on any atom is -0.472 e. The van der Waals surface area contributed by atoms with Gasteiger partial charge < -0.3 is 4.42 Å². The van der Waals surface area contributed by atoms with Gasteiger partial charge in [-0.3, -0.25) is 9.48 Å². The molecule has 0 unspecified atom stereocenters. The smallest absolute Gasteiger partial charge is 0.153 e. The van der Waals surface area contributed by atoms with Gasteiger partial charge in [0.05, 0.1) is 17.5 Å². The van der Waals surface area contributed by atoms with Gasteiger partial charge in [0.15, 0.2) is 6.29 Å². The number of furan rings is 1. The Kier molecular flexibility index (Phi) is 4.12. The zero-order chi connectivity index (χ0) is 11.3. The van der Waals surface area contributed by atoms with E-state index in [-0.39, 0.29) is 0 Å². The number of halogens is 1. The number of hydrogen-bond acceptors (Lipinski definition) is 3. The van der Waals surface area contributed by atoms with Gasteiger partial charge in [-0.2, -0.15) is 5.10 Å². The van der Waals surface area contributed by atoms with E-state index in [1.165, 1.54) is 12.5 Å². The van der Waals surface area contributed by atoms with Crippen LogP contribution in [0.4, 0.5) is 0 Å². The van der Waals surface area contributed by atoms with Crippen molar-refractivity contribution in [2.75, 3.05) is 0 Å². The Labute approximate surface area is 92.5 Å². The van der Waals surface area contributed by atoms with Crippen LogP contribution in [-0.2, 0) is 7.05 Å². The van der Waals surface area contributed by atoms with Crippen LogP contribution in [-0.4, -0.2) is 16.1 Å². The minimum atomic E-state index is 0.583. The van der Waals surface area contributed by atoms with E-state index in [1.54, 1.807) is 10.7 Å². The maximum absolute atomic E-state index is 9.81. The quantitative estimate of drug-likeness (QED) is 0.702. The average Bonchev–Trinajstić information content (AvgIpc) is 2.78. The van der Waals surface area contributed by atoms with Crippen LogP contribution >= 0.6 is 11.6 Å². The summed E-state index contributed by atoms with van der Waals surface area (Å²) in [4.78, 5) is 9.81. The lowest BCUT2D eigenvalue weighted by Crippen LogP contribution is -1.88. The summed E-state index contributed by atoms with van der Waals surface area (Å²) in [5.74, 6) is 0. The van der Waals surface area contributed by atoms with Crippen molar-refractivity contribution in [3.63, 3.8) is 0 Å². The molecule has 0 aromatic carbocycles. The van der Waals surface area contributed by atoms with Crippen molar-refractivity contribution < 1.29 is 9.21 Å². The Morgan fingerprint density at radius 3 is 2.53 bits per heavy atom. The molecule has 0 aliphatic rings. The second kappa shape index (κ2) is 5.36. The largest absolute Gasteiger partial charge is 0.472 e. The molecule has 15 heavy (non-hydrogen) atoms. The third-order valence-electron chi connectivity index (χ3n) is 1.62. The lowest BCUT2D eigenvalue weighted by atomic mass is 10.4. The Hall–Kier alpha value is -1.55. The molecule has 80 valence electrons. The first kappa shape index (κ1) is 11.5. The Morgan fingerprint density at radius 1 is 1.60 bits per heavy atom. The molecule has 0 aliphatic carbocycles. The second-order valence-electron chi connectivity index (χ2n) is 2.91. The van der Waals surface area contributed by atoms with Crippen molar-refractivity contribution in [1.82, 2.24) is 9.78 Å². The standard InChI is InChI=1S/C5H7ClN2.C5H4O2/c1-4-3-5(6)8(2)7-4;6-3-5-1-2-7-4-5/h3H,1-2H3;1-4H. The van der Waals surface area contributed by atoms with Gasteiger partial charge in [0.2, 0.25) is 0 Å². The Balaban J connectivity index is 0.000000151. The van der Waals surface area contributed by atoms with Crippen LogP contribution < -0.4 is 0 Å². The number of carbonyl (C=O) groups excluding carboxylic acids is 1. The van der Waals surface area contributed by atoms with Gasteiger partial charge in [-0.25, -0.2) is 0 Å². The van der Waals surface area contributed by atoms with E-state index in [9.17, 15) is 4.79 Å². The van der Waals surface area contributed by atoms with Gasteiger partial charge in [0.25, 0.3) is 0 Å². The van der Waals surface area contributed by atoms with E-state index in [4.69, 9.17) is 11.6 Å². The monoisotopic (exact) mass is 226 g/mol. The topological polar surface area (TPSA) is 48.0 Å². The zero-order valence-corrected chi connectivity index (χ0v) is 9.23. The highest BCUT2D eigenvalue weighted by Gasteiger charge is 1.94. The lowest BCUT2D eigenvalue weighted by Gasteiger charge is -1.85. The molecule has 2 aromatic heterocycles. The molecule has 0 saturated heterocycles. The average molecular weight is 227 g/mol. The highest BCUT2D eigenvalue weighted by atomic mass is 35.5. The van der Waals surface area contributed by atoms with Crippen molar-refractivity contribution in [2.24, 2.45) is 7.05 Å². The van der Waals surface area contributed by atoms with Crippen LogP contribution in [0.15, 0.2) is 29.1 Å². The molecular weight excluding hydrogens is 216 g/mol. The van der Waals surface area contributed by atoms with Gasteiger partial charge >= 0.3 is 0 Å². The maximum atomic E-state index is 9.81.